The Labute approximate surface area is 215 Å². The second kappa shape index (κ2) is 10.7. The number of alkyl carbamates (subject to hydrolysis) is 1. The third kappa shape index (κ3) is 6.67. The average Bonchev–Trinajstić information content (AvgIpc) is 3.24. The number of carboxylic acid groups (broad SMARTS) is 1. The van der Waals surface area contributed by atoms with Crippen molar-refractivity contribution in [2.24, 2.45) is 0 Å². The zero-order valence-electron chi connectivity index (χ0n) is 21.1. The Kier molecular flexibility index (Phi) is 7.47. The Balaban J connectivity index is 1.55. The molecule has 0 aliphatic carbocycles. The number of nitrogens with one attached hydrogen (secondary N) is 3. The molecule has 3 aromatic carbocycles. The highest BCUT2D eigenvalue weighted by Crippen LogP contribution is 2.20. The van der Waals surface area contributed by atoms with Crippen molar-refractivity contribution >= 4 is 39.6 Å². The molecule has 0 unspecified atom stereocenters. The van der Waals surface area contributed by atoms with E-state index in [0.29, 0.717) is 0 Å². The van der Waals surface area contributed by atoms with Crippen LogP contribution in [-0.4, -0.2) is 45.7 Å². The van der Waals surface area contributed by atoms with Gasteiger partial charge in [-0.2, -0.15) is 0 Å². The molecular weight excluding hydrogens is 470 g/mol. The molecule has 1 aromatic heterocycles. The van der Waals surface area contributed by atoms with E-state index in [9.17, 15) is 19.5 Å². The molecule has 0 saturated carbocycles. The summed E-state index contributed by atoms with van der Waals surface area (Å²) in [4.78, 5) is 41.2. The van der Waals surface area contributed by atoms with Gasteiger partial charge < -0.3 is 25.5 Å². The van der Waals surface area contributed by atoms with Crippen LogP contribution in [0.4, 0.5) is 4.79 Å². The molecule has 4 rings (SSSR count). The predicted molar refractivity (Wildman–Crippen MR) is 142 cm³/mol. The molecule has 4 N–H and O–H groups in total. The molecule has 37 heavy (non-hydrogen) atoms. The quantitative estimate of drug-likeness (QED) is 0.282. The number of benzene rings is 3. The number of para-hydroxylation sites is 1. The smallest absolute Gasteiger partial charge is 0.408 e. The monoisotopic (exact) mass is 501 g/mol. The Morgan fingerprint density at radius 1 is 0.892 bits per heavy atom. The van der Waals surface area contributed by atoms with Crippen molar-refractivity contribution in [2.45, 2.75) is 51.3 Å². The molecule has 1 heterocycles. The van der Waals surface area contributed by atoms with Crippen LogP contribution in [0.1, 0.15) is 31.9 Å². The normalized spacial score (nSPS) is 13.2. The molecule has 2 amide bonds. The first-order valence-electron chi connectivity index (χ1n) is 12.1. The fraction of sp³-hybridized carbons (Fsp3) is 0.276. The molecular formula is C29H31N3O5. The van der Waals surface area contributed by atoms with Crippen LogP contribution in [-0.2, 0) is 27.2 Å². The van der Waals surface area contributed by atoms with E-state index in [1.165, 1.54) is 0 Å². The highest BCUT2D eigenvalue weighted by atomic mass is 16.6. The van der Waals surface area contributed by atoms with Gasteiger partial charge in [0, 0.05) is 29.9 Å². The highest BCUT2D eigenvalue weighted by molar-refractivity contribution is 5.91. The summed E-state index contributed by atoms with van der Waals surface area (Å²) in [7, 11) is 0. The lowest BCUT2D eigenvalue weighted by Crippen LogP contribution is -2.53. The van der Waals surface area contributed by atoms with E-state index >= 15 is 0 Å². The number of hydrogen-bond acceptors (Lipinski definition) is 4. The topological polar surface area (TPSA) is 121 Å². The Hall–Kier alpha value is -4.33. The fourth-order valence-corrected chi connectivity index (χ4v) is 4.25. The summed E-state index contributed by atoms with van der Waals surface area (Å²) < 4.78 is 5.36. The number of ether oxygens (including phenoxy) is 1. The van der Waals surface area contributed by atoms with E-state index < -0.39 is 35.7 Å². The minimum atomic E-state index is -1.18. The van der Waals surface area contributed by atoms with E-state index in [0.717, 1.165) is 32.8 Å². The standard InChI is InChI=1S/C29H31N3O5/c1-29(2,3)37-28(36)32-24(16-21-17-30-23-11-7-6-10-22(21)23)26(33)31-25(27(34)35)15-18-12-13-19-8-4-5-9-20(19)14-18/h4-14,17,24-25,30H,15-16H2,1-3H3,(H,31,33)(H,32,36)(H,34,35)/t24-,25-/m0/s1. The van der Waals surface area contributed by atoms with Crippen LogP contribution in [0, 0.1) is 0 Å². The molecule has 0 spiro atoms. The van der Waals surface area contributed by atoms with Crippen molar-refractivity contribution < 1.29 is 24.2 Å². The number of aliphatic carboxylic acids is 1. The number of carboxylic acids is 1. The van der Waals surface area contributed by atoms with E-state index in [1.54, 1.807) is 27.0 Å². The summed E-state index contributed by atoms with van der Waals surface area (Å²) in [6.45, 7) is 5.18. The van der Waals surface area contributed by atoms with Gasteiger partial charge in [-0.25, -0.2) is 9.59 Å². The van der Waals surface area contributed by atoms with Crippen molar-refractivity contribution in [3.8, 4) is 0 Å². The molecule has 4 aromatic rings. The fourth-order valence-electron chi connectivity index (χ4n) is 4.25. The van der Waals surface area contributed by atoms with Gasteiger partial charge in [-0.05, 0) is 48.7 Å². The lowest BCUT2D eigenvalue weighted by molar-refractivity contribution is -0.142. The highest BCUT2D eigenvalue weighted by Gasteiger charge is 2.29. The number of aromatic nitrogens is 1. The summed E-state index contributed by atoms with van der Waals surface area (Å²) in [5, 5.41) is 18.1. The molecule has 0 fully saturated rings. The van der Waals surface area contributed by atoms with Gasteiger partial charge in [0.05, 0.1) is 0 Å². The van der Waals surface area contributed by atoms with Crippen molar-refractivity contribution in [1.82, 2.24) is 15.6 Å². The van der Waals surface area contributed by atoms with Crippen molar-refractivity contribution in [3.63, 3.8) is 0 Å². The number of fused-ring (bicyclic) bond motifs is 2. The molecule has 0 radical (unpaired) electrons. The first-order valence-corrected chi connectivity index (χ1v) is 12.1. The summed E-state index contributed by atoms with van der Waals surface area (Å²) in [5.74, 6) is -1.77. The molecule has 0 bridgehead atoms. The van der Waals surface area contributed by atoms with E-state index in [2.05, 4.69) is 15.6 Å². The minimum absolute atomic E-state index is 0.0954. The lowest BCUT2D eigenvalue weighted by atomic mass is 10.0. The third-order valence-electron chi connectivity index (χ3n) is 5.97. The maximum absolute atomic E-state index is 13.4. The van der Waals surface area contributed by atoms with Crippen LogP contribution in [0.5, 0.6) is 0 Å². The SMILES string of the molecule is CC(C)(C)OC(=O)N[C@@H](Cc1c[nH]c2ccccc12)C(=O)N[C@@H](Cc1ccc2ccccc2c1)C(=O)O. The Morgan fingerprint density at radius 2 is 1.59 bits per heavy atom. The molecule has 0 aliphatic heterocycles. The number of rotatable bonds is 8. The van der Waals surface area contributed by atoms with Gasteiger partial charge in [0.15, 0.2) is 0 Å². The minimum Gasteiger partial charge on any atom is -0.480 e. The summed E-state index contributed by atoms with van der Waals surface area (Å²) >= 11 is 0. The van der Waals surface area contributed by atoms with Crippen LogP contribution in [0.3, 0.4) is 0 Å². The van der Waals surface area contributed by atoms with Crippen LogP contribution in [0.25, 0.3) is 21.7 Å². The number of H-pyrrole nitrogens is 1. The average molecular weight is 502 g/mol. The number of aromatic amines is 1. The molecule has 0 aliphatic rings. The Morgan fingerprint density at radius 3 is 2.32 bits per heavy atom. The number of amides is 2. The maximum Gasteiger partial charge on any atom is 0.408 e. The van der Waals surface area contributed by atoms with Gasteiger partial charge in [-0.1, -0.05) is 60.7 Å². The number of carbonyl (C=O) groups excluding carboxylic acids is 2. The maximum atomic E-state index is 13.4. The van der Waals surface area contributed by atoms with Crippen molar-refractivity contribution in [1.29, 1.82) is 0 Å². The summed E-state index contributed by atoms with van der Waals surface area (Å²) in [5.41, 5.74) is 1.73. The van der Waals surface area contributed by atoms with Gasteiger partial charge in [0.25, 0.3) is 0 Å². The summed E-state index contributed by atoms with van der Waals surface area (Å²) in [6, 6.07) is 18.9. The second-order valence-corrected chi connectivity index (χ2v) is 10.0. The molecule has 192 valence electrons. The first-order chi connectivity index (χ1) is 17.6. The number of hydrogen-bond donors (Lipinski definition) is 4. The first kappa shape index (κ1) is 25.8. The van der Waals surface area contributed by atoms with Crippen LogP contribution < -0.4 is 10.6 Å². The zero-order valence-corrected chi connectivity index (χ0v) is 21.1. The molecule has 0 saturated heterocycles. The second-order valence-electron chi connectivity index (χ2n) is 10.0. The largest absolute Gasteiger partial charge is 0.480 e. The van der Waals surface area contributed by atoms with E-state index in [1.807, 2.05) is 66.7 Å². The van der Waals surface area contributed by atoms with Crippen LogP contribution in [0.2, 0.25) is 0 Å². The van der Waals surface area contributed by atoms with Gasteiger partial charge in [0.1, 0.15) is 17.7 Å². The third-order valence-corrected chi connectivity index (χ3v) is 5.97. The van der Waals surface area contributed by atoms with Crippen LogP contribution >= 0.6 is 0 Å². The molecule has 8 heteroatoms. The van der Waals surface area contributed by atoms with Crippen molar-refractivity contribution in [3.05, 3.63) is 84.1 Å². The van der Waals surface area contributed by atoms with Gasteiger partial charge in [-0.3, -0.25) is 4.79 Å². The molecule has 8 nitrogen and oxygen atoms in total. The van der Waals surface area contributed by atoms with E-state index in [4.69, 9.17) is 4.74 Å². The van der Waals surface area contributed by atoms with Crippen LogP contribution in [0.15, 0.2) is 72.9 Å². The Bertz CT molecular complexity index is 1440. The lowest BCUT2D eigenvalue weighted by Gasteiger charge is -2.24. The van der Waals surface area contributed by atoms with Gasteiger partial charge in [0.2, 0.25) is 5.91 Å². The summed E-state index contributed by atoms with van der Waals surface area (Å²) in [6.07, 6.45) is 1.27. The van der Waals surface area contributed by atoms with Crippen molar-refractivity contribution in [2.75, 3.05) is 0 Å². The van der Waals surface area contributed by atoms with Gasteiger partial charge >= 0.3 is 12.1 Å². The van der Waals surface area contributed by atoms with Gasteiger partial charge in [-0.15, -0.1) is 0 Å². The number of carbonyl (C=O) groups is 3. The zero-order chi connectivity index (χ0) is 26.6. The molecule has 2 atom stereocenters. The predicted octanol–water partition coefficient (Wildman–Crippen LogP) is 4.57. The van der Waals surface area contributed by atoms with E-state index in [-0.39, 0.29) is 12.8 Å².